The van der Waals surface area contributed by atoms with Crippen LogP contribution in [0.4, 0.5) is 11.4 Å². The molecule has 1 aliphatic rings. The van der Waals surface area contributed by atoms with Gasteiger partial charge in [0.25, 0.3) is 11.8 Å². The number of hydrogen-bond donors (Lipinski definition) is 3. The highest BCUT2D eigenvalue weighted by atomic mass is 16.5. The first-order valence-corrected chi connectivity index (χ1v) is 7.60. The van der Waals surface area contributed by atoms with E-state index < -0.39 is 6.10 Å². The standard InChI is InChI=1S/C18H15N3O3/c1-10-17(22)21-15-9-13(4-5-16(15)24-10)20-18(23)12-3-2-11-6-7-19-14(11)8-12/h2-10,19H,1H3,(H,20,23)(H,21,22). The van der Waals surface area contributed by atoms with Gasteiger partial charge in [-0.3, -0.25) is 9.59 Å². The fourth-order valence-electron chi connectivity index (χ4n) is 2.68. The molecule has 1 aromatic heterocycles. The molecular formula is C18H15N3O3. The Morgan fingerprint density at radius 3 is 2.92 bits per heavy atom. The van der Waals surface area contributed by atoms with Crippen LogP contribution in [-0.2, 0) is 4.79 Å². The number of carbonyl (C=O) groups is 2. The molecule has 0 saturated carbocycles. The van der Waals surface area contributed by atoms with Gasteiger partial charge in [0, 0.05) is 23.0 Å². The van der Waals surface area contributed by atoms with Crippen molar-refractivity contribution in [3.05, 3.63) is 54.2 Å². The minimum Gasteiger partial charge on any atom is -0.479 e. The lowest BCUT2D eigenvalue weighted by molar-refractivity contribution is -0.122. The second kappa shape index (κ2) is 5.42. The van der Waals surface area contributed by atoms with E-state index in [4.69, 9.17) is 4.74 Å². The Hall–Kier alpha value is -3.28. The van der Waals surface area contributed by atoms with E-state index in [-0.39, 0.29) is 11.8 Å². The molecule has 2 amide bonds. The lowest BCUT2D eigenvalue weighted by atomic mass is 10.1. The van der Waals surface area contributed by atoms with Gasteiger partial charge in [-0.05, 0) is 48.7 Å². The van der Waals surface area contributed by atoms with E-state index in [1.807, 2.05) is 18.3 Å². The smallest absolute Gasteiger partial charge is 0.265 e. The highest BCUT2D eigenvalue weighted by molar-refractivity contribution is 6.07. The molecule has 1 atom stereocenters. The molecule has 3 aromatic rings. The van der Waals surface area contributed by atoms with Gasteiger partial charge in [-0.2, -0.15) is 0 Å². The molecule has 6 heteroatoms. The molecule has 0 spiro atoms. The van der Waals surface area contributed by atoms with Crippen LogP contribution in [0.5, 0.6) is 5.75 Å². The molecule has 2 aromatic carbocycles. The van der Waals surface area contributed by atoms with Gasteiger partial charge >= 0.3 is 0 Å². The zero-order valence-electron chi connectivity index (χ0n) is 12.9. The molecule has 2 heterocycles. The summed E-state index contributed by atoms with van der Waals surface area (Å²) in [6.45, 7) is 1.69. The third kappa shape index (κ3) is 2.48. The Balaban J connectivity index is 1.57. The van der Waals surface area contributed by atoms with E-state index in [1.165, 1.54) is 0 Å². The Morgan fingerprint density at radius 1 is 1.17 bits per heavy atom. The number of fused-ring (bicyclic) bond motifs is 2. The number of aromatic amines is 1. The molecule has 0 saturated heterocycles. The van der Waals surface area contributed by atoms with Gasteiger partial charge in [0.05, 0.1) is 5.69 Å². The average Bonchev–Trinajstić information content (AvgIpc) is 3.03. The molecule has 0 radical (unpaired) electrons. The molecule has 3 N–H and O–H groups in total. The number of carbonyl (C=O) groups excluding carboxylic acids is 2. The maximum absolute atomic E-state index is 12.4. The summed E-state index contributed by atoms with van der Waals surface area (Å²) in [5, 5.41) is 6.65. The fraction of sp³-hybridized carbons (Fsp3) is 0.111. The van der Waals surface area contributed by atoms with Crippen LogP contribution in [-0.4, -0.2) is 22.9 Å². The number of aromatic nitrogens is 1. The summed E-state index contributed by atoms with van der Waals surface area (Å²) < 4.78 is 5.50. The summed E-state index contributed by atoms with van der Waals surface area (Å²) in [7, 11) is 0. The minimum absolute atomic E-state index is 0.205. The van der Waals surface area contributed by atoms with Crippen LogP contribution in [0.15, 0.2) is 48.7 Å². The number of ether oxygens (including phenoxy) is 1. The van der Waals surface area contributed by atoms with Crippen LogP contribution in [0.25, 0.3) is 10.9 Å². The van der Waals surface area contributed by atoms with Gasteiger partial charge in [-0.1, -0.05) is 6.07 Å². The maximum atomic E-state index is 12.4. The van der Waals surface area contributed by atoms with Crippen molar-refractivity contribution < 1.29 is 14.3 Å². The Morgan fingerprint density at radius 2 is 2.04 bits per heavy atom. The zero-order valence-corrected chi connectivity index (χ0v) is 12.9. The number of amides is 2. The normalized spacial score (nSPS) is 16.2. The predicted octanol–water partition coefficient (Wildman–Crippen LogP) is 3.14. The van der Waals surface area contributed by atoms with Gasteiger partial charge in [0.2, 0.25) is 0 Å². The van der Waals surface area contributed by atoms with Crippen molar-refractivity contribution in [3.8, 4) is 5.75 Å². The molecule has 1 unspecified atom stereocenters. The number of rotatable bonds is 2. The van der Waals surface area contributed by atoms with Crippen LogP contribution in [0.1, 0.15) is 17.3 Å². The highest BCUT2D eigenvalue weighted by Gasteiger charge is 2.23. The predicted molar refractivity (Wildman–Crippen MR) is 91.4 cm³/mol. The highest BCUT2D eigenvalue weighted by Crippen LogP contribution is 2.32. The number of nitrogens with one attached hydrogen (secondary N) is 3. The average molecular weight is 321 g/mol. The Labute approximate surface area is 137 Å². The summed E-state index contributed by atoms with van der Waals surface area (Å²) in [5.74, 6) is 0.166. The molecule has 0 aliphatic carbocycles. The number of H-pyrrole nitrogens is 1. The topological polar surface area (TPSA) is 83.2 Å². The minimum atomic E-state index is -0.523. The first-order valence-electron chi connectivity index (χ1n) is 7.60. The van der Waals surface area contributed by atoms with E-state index in [1.54, 1.807) is 37.3 Å². The van der Waals surface area contributed by atoms with Crippen LogP contribution in [0.2, 0.25) is 0 Å². The summed E-state index contributed by atoms with van der Waals surface area (Å²) in [4.78, 5) is 27.2. The van der Waals surface area contributed by atoms with Crippen LogP contribution in [0.3, 0.4) is 0 Å². The van der Waals surface area contributed by atoms with Gasteiger partial charge in [0.1, 0.15) is 5.75 Å². The van der Waals surface area contributed by atoms with E-state index in [9.17, 15) is 9.59 Å². The second-order valence-corrected chi connectivity index (χ2v) is 5.69. The monoisotopic (exact) mass is 321 g/mol. The summed E-state index contributed by atoms with van der Waals surface area (Å²) in [6, 6.07) is 12.6. The molecule has 0 fully saturated rings. The maximum Gasteiger partial charge on any atom is 0.265 e. The third-order valence-electron chi connectivity index (χ3n) is 3.99. The van der Waals surface area contributed by atoms with Crippen LogP contribution in [0, 0.1) is 0 Å². The van der Waals surface area contributed by atoms with Crippen molar-refractivity contribution in [2.75, 3.05) is 10.6 Å². The van der Waals surface area contributed by atoms with Crippen molar-refractivity contribution in [1.82, 2.24) is 4.98 Å². The van der Waals surface area contributed by atoms with Crippen molar-refractivity contribution >= 4 is 34.1 Å². The SMILES string of the molecule is CC1Oc2ccc(NC(=O)c3ccc4cc[nH]c4c3)cc2NC1=O. The lowest BCUT2D eigenvalue weighted by Gasteiger charge is -2.23. The van der Waals surface area contributed by atoms with E-state index >= 15 is 0 Å². The van der Waals surface area contributed by atoms with Crippen molar-refractivity contribution in [3.63, 3.8) is 0 Å². The van der Waals surface area contributed by atoms with Crippen LogP contribution >= 0.6 is 0 Å². The van der Waals surface area contributed by atoms with Crippen molar-refractivity contribution in [1.29, 1.82) is 0 Å². The largest absolute Gasteiger partial charge is 0.479 e. The molecule has 6 nitrogen and oxygen atoms in total. The summed E-state index contributed by atoms with van der Waals surface area (Å²) in [5.41, 5.74) is 2.60. The number of anilines is 2. The Kier molecular flexibility index (Phi) is 3.23. The second-order valence-electron chi connectivity index (χ2n) is 5.69. The molecule has 24 heavy (non-hydrogen) atoms. The quantitative estimate of drug-likeness (QED) is 0.678. The van der Waals surface area contributed by atoms with E-state index in [0.29, 0.717) is 22.7 Å². The first-order chi connectivity index (χ1) is 11.6. The van der Waals surface area contributed by atoms with Crippen molar-refractivity contribution in [2.24, 2.45) is 0 Å². The zero-order chi connectivity index (χ0) is 16.7. The fourth-order valence-corrected chi connectivity index (χ4v) is 2.68. The molecule has 0 bridgehead atoms. The van der Waals surface area contributed by atoms with E-state index in [0.717, 1.165) is 10.9 Å². The molecule has 120 valence electrons. The van der Waals surface area contributed by atoms with Gasteiger partial charge in [0.15, 0.2) is 6.10 Å². The summed E-state index contributed by atoms with van der Waals surface area (Å²) >= 11 is 0. The number of benzene rings is 2. The molecule has 4 rings (SSSR count). The molecular weight excluding hydrogens is 306 g/mol. The van der Waals surface area contributed by atoms with E-state index in [2.05, 4.69) is 15.6 Å². The Bertz CT molecular complexity index is 961. The van der Waals surface area contributed by atoms with Gasteiger partial charge < -0.3 is 20.4 Å². The third-order valence-corrected chi connectivity index (χ3v) is 3.99. The summed E-state index contributed by atoms with van der Waals surface area (Å²) in [6.07, 6.45) is 1.31. The lowest BCUT2D eigenvalue weighted by Crippen LogP contribution is -2.34. The van der Waals surface area contributed by atoms with Crippen molar-refractivity contribution in [2.45, 2.75) is 13.0 Å². The van der Waals surface area contributed by atoms with Gasteiger partial charge in [-0.15, -0.1) is 0 Å². The molecule has 1 aliphatic heterocycles. The van der Waals surface area contributed by atoms with Gasteiger partial charge in [-0.25, -0.2) is 0 Å². The first kappa shape index (κ1) is 14.3. The van der Waals surface area contributed by atoms with Crippen LogP contribution < -0.4 is 15.4 Å². The number of hydrogen-bond acceptors (Lipinski definition) is 3.